The summed E-state index contributed by atoms with van der Waals surface area (Å²) in [6, 6.07) is -1.13. The molecule has 0 radical (unpaired) electrons. The lowest BCUT2D eigenvalue weighted by Gasteiger charge is -2.17. The van der Waals surface area contributed by atoms with Crippen LogP contribution in [-0.2, 0) is 9.59 Å². The van der Waals surface area contributed by atoms with Crippen LogP contribution in [0.25, 0.3) is 0 Å². The minimum Gasteiger partial charge on any atom is -0.382 e. The standard InChI is InChI=1S/C14H19FN6O3/c1-7(20-13(23)9-6-8(15)12(22)21-9)2-3-19-14(24)10-11(16)18-5-4-17-10/h4-5,7-9H,2-3,6H2,1H3,(H2,16,18)(H,19,24)(H,20,23)(H,21,22)/t7-,8-,9-/m0/s1. The number of nitrogens with two attached hydrogens (primary N) is 1. The van der Waals surface area contributed by atoms with Gasteiger partial charge in [-0.3, -0.25) is 14.4 Å². The number of amides is 3. The first-order chi connectivity index (χ1) is 11.4. The highest BCUT2D eigenvalue weighted by Gasteiger charge is 2.36. The number of carbonyl (C=O) groups excluding carboxylic acids is 3. The Balaban J connectivity index is 1.72. The molecular formula is C14H19FN6O3. The van der Waals surface area contributed by atoms with Gasteiger partial charge in [-0.25, -0.2) is 14.4 Å². The van der Waals surface area contributed by atoms with Gasteiger partial charge in [0, 0.05) is 31.4 Å². The van der Waals surface area contributed by atoms with Crippen LogP contribution >= 0.6 is 0 Å². The summed E-state index contributed by atoms with van der Waals surface area (Å²) in [4.78, 5) is 42.4. The summed E-state index contributed by atoms with van der Waals surface area (Å²) in [5.74, 6) is -1.63. The number of nitrogen functional groups attached to an aromatic ring is 1. The fourth-order valence-corrected chi connectivity index (χ4v) is 2.23. The van der Waals surface area contributed by atoms with Gasteiger partial charge in [0.1, 0.15) is 6.04 Å². The largest absolute Gasteiger partial charge is 0.382 e. The van der Waals surface area contributed by atoms with Crippen molar-refractivity contribution in [3.05, 3.63) is 18.1 Å². The molecule has 0 aromatic carbocycles. The Morgan fingerprint density at radius 1 is 1.46 bits per heavy atom. The van der Waals surface area contributed by atoms with E-state index in [1.807, 2.05) is 0 Å². The Hall–Kier alpha value is -2.78. The molecule has 10 heteroatoms. The van der Waals surface area contributed by atoms with E-state index in [0.717, 1.165) is 0 Å². The van der Waals surface area contributed by atoms with E-state index in [9.17, 15) is 18.8 Å². The smallest absolute Gasteiger partial charge is 0.273 e. The molecule has 0 aliphatic carbocycles. The van der Waals surface area contributed by atoms with Gasteiger partial charge < -0.3 is 21.7 Å². The SMILES string of the molecule is C[C@@H](CCNC(=O)c1nccnc1N)NC(=O)[C@@H]1C[C@H](F)C(=O)N1. The van der Waals surface area contributed by atoms with Crippen LogP contribution < -0.4 is 21.7 Å². The average molecular weight is 338 g/mol. The lowest BCUT2D eigenvalue weighted by atomic mass is 10.1. The van der Waals surface area contributed by atoms with Gasteiger partial charge in [-0.1, -0.05) is 0 Å². The zero-order valence-electron chi connectivity index (χ0n) is 13.1. The monoisotopic (exact) mass is 338 g/mol. The predicted octanol–water partition coefficient (Wildman–Crippen LogP) is -1.09. The third kappa shape index (κ3) is 4.37. The van der Waals surface area contributed by atoms with Crippen molar-refractivity contribution in [3.63, 3.8) is 0 Å². The molecule has 0 saturated carbocycles. The molecule has 1 aliphatic rings. The second kappa shape index (κ2) is 7.66. The molecule has 24 heavy (non-hydrogen) atoms. The zero-order valence-corrected chi connectivity index (χ0v) is 13.1. The van der Waals surface area contributed by atoms with Crippen LogP contribution in [0.3, 0.4) is 0 Å². The first-order valence-electron chi connectivity index (χ1n) is 7.48. The Bertz CT molecular complexity index is 641. The van der Waals surface area contributed by atoms with Crippen LogP contribution in [0.1, 0.15) is 30.3 Å². The molecule has 0 bridgehead atoms. The van der Waals surface area contributed by atoms with Gasteiger partial charge in [0.05, 0.1) is 0 Å². The number of hydrogen-bond donors (Lipinski definition) is 4. The maximum absolute atomic E-state index is 13.1. The van der Waals surface area contributed by atoms with E-state index in [2.05, 4.69) is 25.9 Å². The molecule has 1 aromatic rings. The third-order valence-electron chi connectivity index (χ3n) is 3.55. The number of alkyl halides is 1. The highest BCUT2D eigenvalue weighted by atomic mass is 19.1. The lowest BCUT2D eigenvalue weighted by Crippen LogP contribution is -2.45. The van der Waals surface area contributed by atoms with Gasteiger partial charge in [-0.2, -0.15) is 0 Å². The fraction of sp³-hybridized carbons (Fsp3) is 0.500. The van der Waals surface area contributed by atoms with Gasteiger partial charge in [0.25, 0.3) is 11.8 Å². The number of halogens is 1. The van der Waals surface area contributed by atoms with Gasteiger partial charge >= 0.3 is 0 Å². The average Bonchev–Trinajstić information content (AvgIpc) is 2.87. The van der Waals surface area contributed by atoms with E-state index in [0.29, 0.717) is 6.42 Å². The maximum Gasteiger partial charge on any atom is 0.273 e. The summed E-state index contributed by atoms with van der Waals surface area (Å²) in [6.07, 6.45) is 1.38. The Labute approximate surface area is 137 Å². The minimum atomic E-state index is -1.65. The molecule has 1 saturated heterocycles. The minimum absolute atomic E-state index is 0.0362. The van der Waals surface area contributed by atoms with Crippen LogP contribution in [0.4, 0.5) is 10.2 Å². The fourth-order valence-electron chi connectivity index (χ4n) is 2.23. The summed E-state index contributed by atoms with van der Waals surface area (Å²) >= 11 is 0. The predicted molar refractivity (Wildman–Crippen MR) is 82.4 cm³/mol. The Morgan fingerprint density at radius 2 is 2.17 bits per heavy atom. The number of aromatic nitrogens is 2. The third-order valence-corrected chi connectivity index (χ3v) is 3.55. The Kier molecular flexibility index (Phi) is 5.61. The van der Waals surface area contributed by atoms with Crippen molar-refractivity contribution in [1.29, 1.82) is 0 Å². The van der Waals surface area contributed by atoms with Gasteiger partial charge in [-0.15, -0.1) is 0 Å². The summed E-state index contributed by atoms with van der Waals surface area (Å²) in [5, 5.41) is 7.57. The van der Waals surface area contributed by atoms with Crippen LogP contribution in [0.15, 0.2) is 12.4 Å². The van der Waals surface area contributed by atoms with E-state index >= 15 is 0 Å². The first kappa shape index (κ1) is 17.6. The number of hydrogen-bond acceptors (Lipinski definition) is 6. The molecule has 0 unspecified atom stereocenters. The molecule has 3 atom stereocenters. The van der Waals surface area contributed by atoms with E-state index in [1.165, 1.54) is 12.4 Å². The van der Waals surface area contributed by atoms with Gasteiger partial charge in [0.15, 0.2) is 17.7 Å². The highest BCUT2D eigenvalue weighted by molar-refractivity contribution is 5.96. The van der Waals surface area contributed by atoms with Gasteiger partial charge in [0.2, 0.25) is 5.91 Å². The van der Waals surface area contributed by atoms with Crippen molar-refractivity contribution in [2.45, 2.75) is 38.0 Å². The summed E-state index contributed by atoms with van der Waals surface area (Å²) in [5.41, 5.74) is 5.59. The number of anilines is 1. The van der Waals surface area contributed by atoms with Crippen LogP contribution in [-0.4, -0.2) is 52.5 Å². The molecule has 1 aromatic heterocycles. The topological polar surface area (TPSA) is 139 Å². The second-order valence-electron chi connectivity index (χ2n) is 5.51. The molecule has 1 aliphatic heterocycles. The van der Waals surface area contributed by atoms with Crippen molar-refractivity contribution >= 4 is 23.5 Å². The molecule has 2 rings (SSSR count). The van der Waals surface area contributed by atoms with Crippen molar-refractivity contribution in [2.75, 3.05) is 12.3 Å². The summed E-state index contributed by atoms with van der Waals surface area (Å²) in [6.45, 7) is 2.02. The number of rotatable bonds is 6. The summed E-state index contributed by atoms with van der Waals surface area (Å²) < 4.78 is 13.1. The second-order valence-corrected chi connectivity index (χ2v) is 5.51. The van der Waals surface area contributed by atoms with Crippen molar-refractivity contribution in [3.8, 4) is 0 Å². The van der Waals surface area contributed by atoms with E-state index in [1.54, 1.807) is 6.92 Å². The van der Waals surface area contributed by atoms with E-state index < -0.39 is 29.9 Å². The van der Waals surface area contributed by atoms with Gasteiger partial charge in [-0.05, 0) is 13.3 Å². The molecule has 1 fully saturated rings. The molecule has 3 amide bonds. The van der Waals surface area contributed by atoms with Crippen LogP contribution in [0, 0.1) is 0 Å². The Morgan fingerprint density at radius 3 is 2.79 bits per heavy atom. The molecular weight excluding hydrogens is 319 g/mol. The normalized spacial score (nSPS) is 21.0. The van der Waals surface area contributed by atoms with E-state index in [-0.39, 0.29) is 30.5 Å². The first-order valence-corrected chi connectivity index (χ1v) is 7.48. The number of carbonyl (C=O) groups is 3. The lowest BCUT2D eigenvalue weighted by molar-refractivity contribution is -0.127. The maximum atomic E-state index is 13.1. The number of nitrogens with zero attached hydrogens (tertiary/aromatic N) is 2. The van der Waals surface area contributed by atoms with Crippen molar-refractivity contribution < 1.29 is 18.8 Å². The molecule has 9 nitrogen and oxygen atoms in total. The quantitative estimate of drug-likeness (QED) is 0.520. The van der Waals surface area contributed by atoms with Crippen LogP contribution in [0.5, 0.6) is 0 Å². The van der Waals surface area contributed by atoms with Crippen LogP contribution in [0.2, 0.25) is 0 Å². The van der Waals surface area contributed by atoms with E-state index in [4.69, 9.17) is 5.73 Å². The molecule has 5 N–H and O–H groups in total. The molecule has 2 heterocycles. The number of nitrogens with one attached hydrogen (secondary N) is 3. The van der Waals surface area contributed by atoms with Crippen molar-refractivity contribution in [1.82, 2.24) is 25.9 Å². The zero-order chi connectivity index (χ0) is 17.7. The summed E-state index contributed by atoms with van der Waals surface area (Å²) in [7, 11) is 0. The highest BCUT2D eigenvalue weighted by Crippen LogP contribution is 2.11. The molecule has 130 valence electrons. The van der Waals surface area contributed by atoms with Crippen molar-refractivity contribution in [2.24, 2.45) is 0 Å². The molecule has 0 spiro atoms.